The van der Waals surface area contributed by atoms with E-state index in [1.165, 1.54) is 10.8 Å². The van der Waals surface area contributed by atoms with E-state index in [0.717, 1.165) is 6.54 Å². The quantitative estimate of drug-likeness (QED) is 0.730. The molecular weight excluding hydrogens is 260 g/mol. The summed E-state index contributed by atoms with van der Waals surface area (Å²) in [7, 11) is 0. The second-order valence-electron chi connectivity index (χ2n) is 4.93. The van der Waals surface area contributed by atoms with Gasteiger partial charge in [0.1, 0.15) is 0 Å². The fourth-order valence-corrected chi connectivity index (χ4v) is 2.31. The molecule has 0 saturated heterocycles. The van der Waals surface area contributed by atoms with Gasteiger partial charge in [0.05, 0.1) is 6.54 Å². The van der Waals surface area contributed by atoms with Crippen molar-refractivity contribution in [3.63, 3.8) is 0 Å². The molecule has 0 atom stereocenters. The van der Waals surface area contributed by atoms with E-state index in [2.05, 4.69) is 34.3 Å². The lowest BCUT2D eigenvalue weighted by molar-refractivity contribution is -0.693. The van der Waals surface area contributed by atoms with Crippen molar-refractivity contribution in [2.75, 3.05) is 6.54 Å². The largest absolute Gasteiger partial charge is 0.346 e. The number of hydrogen-bond acceptors (Lipinski definition) is 1. The van der Waals surface area contributed by atoms with Crippen LogP contribution < -0.4 is 9.88 Å². The van der Waals surface area contributed by atoms with Crippen molar-refractivity contribution in [2.45, 2.75) is 6.54 Å². The number of fused-ring (bicyclic) bond motifs is 1. The number of hydrogen-bond donors (Lipinski definition) is 1. The van der Waals surface area contributed by atoms with Crippen LogP contribution in [-0.2, 0) is 6.54 Å². The zero-order valence-electron chi connectivity index (χ0n) is 11.7. The third-order valence-corrected chi connectivity index (χ3v) is 3.44. The van der Waals surface area contributed by atoms with Gasteiger partial charge in [0.15, 0.2) is 18.9 Å². The van der Waals surface area contributed by atoms with Gasteiger partial charge in [0.2, 0.25) is 0 Å². The number of amides is 1. The van der Waals surface area contributed by atoms with Gasteiger partial charge in [0, 0.05) is 17.0 Å². The standard InChI is InChI=1S/C18H16N2O/c21-18(16-7-2-1-3-8-16)19-11-13-20-12-10-15-6-4-5-9-17(15)14-20/h1-10,12,14H,11,13H2/p+1. The molecule has 3 nitrogen and oxygen atoms in total. The number of rotatable bonds is 4. The minimum Gasteiger partial charge on any atom is -0.346 e. The van der Waals surface area contributed by atoms with Gasteiger partial charge in [-0.15, -0.1) is 0 Å². The molecule has 0 aliphatic heterocycles. The van der Waals surface area contributed by atoms with Crippen LogP contribution >= 0.6 is 0 Å². The number of carbonyl (C=O) groups is 1. The van der Waals surface area contributed by atoms with Gasteiger partial charge in [-0.25, -0.2) is 4.57 Å². The molecule has 0 fully saturated rings. The van der Waals surface area contributed by atoms with Gasteiger partial charge in [0.25, 0.3) is 5.91 Å². The van der Waals surface area contributed by atoms with E-state index in [1.54, 1.807) is 0 Å². The summed E-state index contributed by atoms with van der Waals surface area (Å²) >= 11 is 0. The zero-order chi connectivity index (χ0) is 14.5. The molecule has 0 saturated carbocycles. The molecule has 0 radical (unpaired) electrons. The Bertz CT molecular complexity index is 753. The Morgan fingerprint density at radius 1 is 0.905 bits per heavy atom. The van der Waals surface area contributed by atoms with Crippen molar-refractivity contribution in [1.29, 1.82) is 0 Å². The molecule has 1 N–H and O–H groups in total. The van der Waals surface area contributed by atoms with Crippen LogP contribution in [0, 0.1) is 0 Å². The first kappa shape index (κ1) is 13.3. The van der Waals surface area contributed by atoms with Crippen LogP contribution in [0.1, 0.15) is 10.4 Å². The lowest BCUT2D eigenvalue weighted by Gasteiger charge is -2.03. The van der Waals surface area contributed by atoms with Crippen molar-refractivity contribution < 1.29 is 9.36 Å². The number of benzene rings is 2. The van der Waals surface area contributed by atoms with E-state index in [9.17, 15) is 4.79 Å². The van der Waals surface area contributed by atoms with Gasteiger partial charge in [-0.05, 0) is 23.6 Å². The average molecular weight is 277 g/mol. The summed E-state index contributed by atoms with van der Waals surface area (Å²) in [4.78, 5) is 11.9. The molecule has 3 aromatic rings. The molecule has 0 unspecified atom stereocenters. The molecule has 21 heavy (non-hydrogen) atoms. The molecule has 1 heterocycles. The number of nitrogens with zero attached hydrogens (tertiary/aromatic N) is 1. The number of aromatic nitrogens is 1. The number of pyridine rings is 1. The first-order valence-corrected chi connectivity index (χ1v) is 7.04. The summed E-state index contributed by atoms with van der Waals surface area (Å²) < 4.78 is 2.09. The minimum atomic E-state index is -0.0306. The van der Waals surface area contributed by atoms with Gasteiger partial charge in [-0.1, -0.05) is 36.4 Å². The van der Waals surface area contributed by atoms with Crippen LogP contribution in [0.5, 0.6) is 0 Å². The highest BCUT2D eigenvalue weighted by atomic mass is 16.1. The van der Waals surface area contributed by atoms with E-state index >= 15 is 0 Å². The fourth-order valence-electron chi connectivity index (χ4n) is 2.31. The highest BCUT2D eigenvalue weighted by molar-refractivity contribution is 5.94. The Balaban J connectivity index is 1.60. The Morgan fingerprint density at radius 2 is 1.62 bits per heavy atom. The predicted molar refractivity (Wildman–Crippen MR) is 82.9 cm³/mol. The van der Waals surface area contributed by atoms with Crippen LogP contribution in [0.2, 0.25) is 0 Å². The van der Waals surface area contributed by atoms with Gasteiger partial charge in [-0.2, -0.15) is 0 Å². The van der Waals surface area contributed by atoms with Crippen LogP contribution in [0.15, 0.2) is 73.1 Å². The van der Waals surface area contributed by atoms with Gasteiger partial charge >= 0.3 is 0 Å². The highest BCUT2D eigenvalue weighted by Gasteiger charge is 2.06. The molecule has 104 valence electrons. The molecular formula is C18H17N2O+. The first-order chi connectivity index (χ1) is 10.3. The molecule has 2 aromatic carbocycles. The third-order valence-electron chi connectivity index (χ3n) is 3.44. The van der Waals surface area contributed by atoms with Crippen molar-refractivity contribution in [2.24, 2.45) is 0 Å². The SMILES string of the molecule is O=C(NCC[n+]1ccc2ccccc2c1)c1ccccc1. The molecule has 0 spiro atoms. The molecule has 0 aliphatic rings. The van der Waals surface area contributed by atoms with Crippen molar-refractivity contribution in [3.05, 3.63) is 78.6 Å². The van der Waals surface area contributed by atoms with Gasteiger partial charge in [-0.3, -0.25) is 4.79 Å². The van der Waals surface area contributed by atoms with Gasteiger partial charge < -0.3 is 5.32 Å². The van der Waals surface area contributed by atoms with E-state index in [0.29, 0.717) is 12.1 Å². The molecule has 1 aromatic heterocycles. The van der Waals surface area contributed by atoms with E-state index in [-0.39, 0.29) is 5.91 Å². The molecule has 0 aliphatic carbocycles. The maximum Gasteiger partial charge on any atom is 0.251 e. The maximum absolute atomic E-state index is 11.9. The average Bonchev–Trinajstić information content (AvgIpc) is 2.55. The minimum absolute atomic E-state index is 0.0306. The van der Waals surface area contributed by atoms with E-state index in [4.69, 9.17) is 0 Å². The smallest absolute Gasteiger partial charge is 0.251 e. The molecule has 3 rings (SSSR count). The van der Waals surface area contributed by atoms with E-state index < -0.39 is 0 Å². The Kier molecular flexibility index (Phi) is 3.92. The maximum atomic E-state index is 11.9. The van der Waals surface area contributed by atoms with E-state index in [1.807, 2.05) is 48.7 Å². The Labute approximate surface area is 123 Å². The zero-order valence-corrected chi connectivity index (χ0v) is 11.7. The Hall–Kier alpha value is -2.68. The van der Waals surface area contributed by atoms with Crippen molar-refractivity contribution >= 4 is 16.7 Å². The van der Waals surface area contributed by atoms with Crippen LogP contribution in [0.25, 0.3) is 10.8 Å². The summed E-state index contributed by atoms with van der Waals surface area (Å²) in [6.45, 7) is 1.36. The highest BCUT2D eigenvalue weighted by Crippen LogP contribution is 2.09. The Morgan fingerprint density at radius 3 is 2.43 bits per heavy atom. The first-order valence-electron chi connectivity index (χ1n) is 7.04. The van der Waals surface area contributed by atoms with Crippen molar-refractivity contribution in [3.8, 4) is 0 Å². The van der Waals surface area contributed by atoms with Crippen LogP contribution in [-0.4, -0.2) is 12.5 Å². The lowest BCUT2D eigenvalue weighted by atomic mass is 10.2. The van der Waals surface area contributed by atoms with Crippen LogP contribution in [0.3, 0.4) is 0 Å². The van der Waals surface area contributed by atoms with Crippen LogP contribution in [0.4, 0.5) is 0 Å². The summed E-state index contributed by atoms with van der Waals surface area (Å²) in [5.74, 6) is -0.0306. The normalized spacial score (nSPS) is 10.5. The summed E-state index contributed by atoms with van der Waals surface area (Å²) in [6, 6.07) is 19.6. The summed E-state index contributed by atoms with van der Waals surface area (Å²) in [5.41, 5.74) is 0.695. The monoisotopic (exact) mass is 277 g/mol. The summed E-state index contributed by atoms with van der Waals surface area (Å²) in [5, 5.41) is 5.36. The molecule has 3 heteroatoms. The third kappa shape index (κ3) is 3.26. The second-order valence-corrected chi connectivity index (χ2v) is 4.93. The fraction of sp³-hybridized carbons (Fsp3) is 0.111. The summed E-state index contributed by atoms with van der Waals surface area (Å²) in [6.07, 6.45) is 4.14. The molecule has 0 bridgehead atoms. The molecule has 1 amide bonds. The second kappa shape index (κ2) is 6.18. The lowest BCUT2D eigenvalue weighted by Crippen LogP contribution is -2.40. The predicted octanol–water partition coefficient (Wildman–Crippen LogP) is 2.56. The topological polar surface area (TPSA) is 33.0 Å². The number of nitrogens with one attached hydrogen (secondary N) is 1. The van der Waals surface area contributed by atoms with Crippen molar-refractivity contribution in [1.82, 2.24) is 5.32 Å². The number of carbonyl (C=O) groups excluding carboxylic acids is 1.